The lowest BCUT2D eigenvalue weighted by atomic mass is 9.63. The smallest absolute Gasteiger partial charge is 0.319 e. The minimum atomic E-state index is -0.371. The molecule has 2 aliphatic rings. The van der Waals surface area contributed by atoms with Crippen LogP contribution < -0.4 is 20.1 Å². The topological polar surface area (TPSA) is 62.8 Å². The predicted octanol–water partition coefficient (Wildman–Crippen LogP) is 4.02. The number of urea groups is 1. The van der Waals surface area contributed by atoms with Gasteiger partial charge in [-0.25, -0.2) is 9.18 Å². The van der Waals surface area contributed by atoms with Gasteiger partial charge in [-0.15, -0.1) is 0 Å². The zero-order valence-electron chi connectivity index (χ0n) is 18.3. The number of rotatable bonds is 5. The Morgan fingerprint density at radius 2 is 1.97 bits per heavy atom. The second-order valence-electron chi connectivity index (χ2n) is 8.70. The van der Waals surface area contributed by atoms with Crippen molar-refractivity contribution in [3.63, 3.8) is 0 Å². The van der Waals surface area contributed by atoms with Crippen LogP contribution in [0.2, 0.25) is 0 Å². The van der Waals surface area contributed by atoms with Crippen LogP contribution in [0.4, 0.5) is 14.9 Å². The third-order valence-corrected chi connectivity index (χ3v) is 6.75. The fourth-order valence-corrected chi connectivity index (χ4v) is 5.37. The molecule has 2 aromatic rings. The maximum Gasteiger partial charge on any atom is 0.319 e. The first-order valence-corrected chi connectivity index (χ1v) is 10.7. The molecule has 3 atom stereocenters. The number of likely N-dealkylation sites (tertiary alicyclic amines) is 1. The van der Waals surface area contributed by atoms with E-state index in [0.29, 0.717) is 11.6 Å². The molecule has 31 heavy (non-hydrogen) atoms. The van der Waals surface area contributed by atoms with Crippen LogP contribution in [0.5, 0.6) is 11.5 Å². The number of carbonyl (C=O) groups excluding carboxylic acids is 1. The van der Waals surface area contributed by atoms with Crippen molar-refractivity contribution in [3.05, 3.63) is 53.8 Å². The van der Waals surface area contributed by atoms with Crippen molar-refractivity contribution in [1.82, 2.24) is 10.2 Å². The number of hydrogen-bond donors (Lipinski definition) is 2. The highest BCUT2D eigenvalue weighted by Crippen LogP contribution is 2.49. The quantitative estimate of drug-likeness (QED) is 0.757. The molecule has 1 saturated carbocycles. The van der Waals surface area contributed by atoms with Gasteiger partial charge in [-0.1, -0.05) is 12.1 Å². The van der Waals surface area contributed by atoms with E-state index < -0.39 is 0 Å². The number of methoxy groups -OCH3 is 2. The molecule has 2 aromatic carbocycles. The molecule has 1 saturated heterocycles. The van der Waals surface area contributed by atoms with Gasteiger partial charge in [0.1, 0.15) is 5.82 Å². The second-order valence-corrected chi connectivity index (χ2v) is 8.70. The minimum Gasteiger partial charge on any atom is -0.493 e. The van der Waals surface area contributed by atoms with Gasteiger partial charge in [0, 0.05) is 30.2 Å². The lowest BCUT2D eigenvalue weighted by molar-refractivity contribution is 0.197. The summed E-state index contributed by atoms with van der Waals surface area (Å²) in [5.41, 5.74) is 1.75. The molecule has 0 radical (unpaired) electrons. The molecule has 0 aromatic heterocycles. The van der Waals surface area contributed by atoms with Crippen molar-refractivity contribution < 1.29 is 18.7 Å². The first kappa shape index (κ1) is 21.4. The third-order valence-electron chi connectivity index (χ3n) is 6.75. The summed E-state index contributed by atoms with van der Waals surface area (Å²) in [7, 11) is 5.46. The molecule has 7 heteroatoms. The van der Waals surface area contributed by atoms with E-state index in [0.717, 1.165) is 43.9 Å². The van der Waals surface area contributed by atoms with Crippen molar-refractivity contribution in [3.8, 4) is 11.5 Å². The Morgan fingerprint density at radius 3 is 2.71 bits per heavy atom. The first-order valence-electron chi connectivity index (χ1n) is 10.7. The van der Waals surface area contributed by atoms with Crippen molar-refractivity contribution in [2.24, 2.45) is 5.92 Å². The molecule has 0 spiro atoms. The molecule has 4 rings (SSSR count). The lowest BCUT2D eigenvalue weighted by Crippen LogP contribution is -2.48. The van der Waals surface area contributed by atoms with Gasteiger partial charge in [-0.05, 0) is 68.1 Å². The maximum atomic E-state index is 13.4. The second kappa shape index (κ2) is 8.75. The number of nitrogens with zero attached hydrogens (tertiary/aromatic N) is 1. The number of likely N-dealkylation sites (N-methyl/N-ethyl adjacent to an activating group) is 1. The summed E-state index contributed by atoms with van der Waals surface area (Å²) in [6.45, 7) is 1.97. The Morgan fingerprint density at radius 1 is 1.16 bits per heavy atom. The third kappa shape index (κ3) is 4.32. The molecule has 1 aliphatic heterocycles. The molecule has 6 nitrogen and oxygen atoms in total. The highest BCUT2D eigenvalue weighted by atomic mass is 19.1. The van der Waals surface area contributed by atoms with Gasteiger partial charge in [0.05, 0.1) is 14.2 Å². The van der Waals surface area contributed by atoms with E-state index >= 15 is 0 Å². The summed E-state index contributed by atoms with van der Waals surface area (Å²) in [6, 6.07) is 12.0. The van der Waals surface area contributed by atoms with Gasteiger partial charge in [0.15, 0.2) is 11.5 Å². The number of halogens is 1. The highest BCUT2D eigenvalue weighted by molar-refractivity contribution is 5.89. The SMILES string of the molecule is COc1ccc([C@]23CC[C@H](NC(=O)Nc4cccc(F)c4)C[C@@H]2CN(C)C3)cc1OC. The van der Waals surface area contributed by atoms with E-state index in [2.05, 4.69) is 34.7 Å². The molecular formula is C24H30FN3O3. The Balaban J connectivity index is 1.47. The highest BCUT2D eigenvalue weighted by Gasteiger charge is 2.50. The zero-order chi connectivity index (χ0) is 22.0. The van der Waals surface area contributed by atoms with Crippen LogP contribution in [0.15, 0.2) is 42.5 Å². The molecule has 2 amide bonds. The minimum absolute atomic E-state index is 0.0333. The van der Waals surface area contributed by atoms with Crippen molar-refractivity contribution in [2.45, 2.75) is 30.7 Å². The van der Waals surface area contributed by atoms with Gasteiger partial charge >= 0.3 is 6.03 Å². The molecule has 2 fully saturated rings. The normalized spacial score (nSPS) is 25.5. The van der Waals surface area contributed by atoms with Crippen LogP contribution in [-0.2, 0) is 5.41 Å². The molecular weight excluding hydrogens is 397 g/mol. The van der Waals surface area contributed by atoms with E-state index in [9.17, 15) is 9.18 Å². The van der Waals surface area contributed by atoms with Gasteiger partial charge in [-0.3, -0.25) is 0 Å². The van der Waals surface area contributed by atoms with Crippen LogP contribution in [0, 0.1) is 11.7 Å². The zero-order valence-corrected chi connectivity index (χ0v) is 18.3. The fraction of sp³-hybridized carbons (Fsp3) is 0.458. The van der Waals surface area contributed by atoms with Gasteiger partial charge in [0.25, 0.3) is 0 Å². The van der Waals surface area contributed by atoms with E-state index in [4.69, 9.17) is 9.47 Å². The van der Waals surface area contributed by atoms with Crippen molar-refractivity contribution in [2.75, 3.05) is 39.7 Å². The number of hydrogen-bond acceptors (Lipinski definition) is 4. The van der Waals surface area contributed by atoms with E-state index in [1.165, 1.54) is 17.7 Å². The largest absolute Gasteiger partial charge is 0.493 e. The summed E-state index contributed by atoms with van der Waals surface area (Å²) >= 11 is 0. The van der Waals surface area contributed by atoms with Crippen LogP contribution in [-0.4, -0.2) is 51.3 Å². The standard InChI is InChI=1S/C24H30FN3O3/c1-28-14-17-11-20(27-23(29)26-19-6-4-5-18(25)13-19)9-10-24(17,15-28)16-7-8-21(30-2)22(12-16)31-3/h4-8,12-13,17,20H,9-11,14-15H2,1-3H3,(H2,26,27,29)/t17-,20+,24-/m1/s1. The maximum absolute atomic E-state index is 13.4. The van der Waals surface area contributed by atoms with Gasteiger partial charge < -0.3 is 25.0 Å². The van der Waals surface area contributed by atoms with Gasteiger partial charge in [0.2, 0.25) is 0 Å². The fourth-order valence-electron chi connectivity index (χ4n) is 5.37. The first-order chi connectivity index (χ1) is 14.9. The summed E-state index contributed by atoms with van der Waals surface area (Å²) in [4.78, 5) is 14.8. The van der Waals surface area contributed by atoms with Crippen LogP contribution in [0.3, 0.4) is 0 Å². The van der Waals surface area contributed by atoms with E-state index in [-0.39, 0.29) is 23.3 Å². The average Bonchev–Trinajstić information content (AvgIpc) is 3.09. The number of nitrogens with one attached hydrogen (secondary N) is 2. The number of amides is 2. The summed E-state index contributed by atoms with van der Waals surface area (Å²) in [5, 5.41) is 5.82. The average molecular weight is 428 g/mol. The number of benzene rings is 2. The summed E-state index contributed by atoms with van der Waals surface area (Å²) in [6.07, 6.45) is 2.76. The Bertz CT molecular complexity index is 953. The number of ether oxygens (including phenoxy) is 2. The molecule has 166 valence electrons. The van der Waals surface area contributed by atoms with Crippen LogP contribution >= 0.6 is 0 Å². The van der Waals surface area contributed by atoms with Crippen LogP contribution in [0.25, 0.3) is 0 Å². The van der Waals surface area contributed by atoms with E-state index in [1.807, 2.05) is 6.07 Å². The molecule has 0 unspecified atom stereocenters. The van der Waals surface area contributed by atoms with Crippen molar-refractivity contribution >= 4 is 11.7 Å². The lowest BCUT2D eigenvalue weighted by Gasteiger charge is -2.42. The van der Waals surface area contributed by atoms with Crippen LogP contribution in [0.1, 0.15) is 24.8 Å². The monoisotopic (exact) mass is 427 g/mol. The number of carbonyl (C=O) groups is 1. The summed E-state index contributed by atoms with van der Waals surface area (Å²) in [5.74, 6) is 1.53. The Hall–Kier alpha value is -2.80. The Kier molecular flexibility index (Phi) is 6.05. The summed E-state index contributed by atoms with van der Waals surface area (Å²) < 4.78 is 24.3. The number of fused-ring (bicyclic) bond motifs is 1. The van der Waals surface area contributed by atoms with Gasteiger partial charge in [-0.2, -0.15) is 0 Å². The van der Waals surface area contributed by atoms with Crippen molar-refractivity contribution in [1.29, 1.82) is 0 Å². The molecule has 0 bridgehead atoms. The van der Waals surface area contributed by atoms with E-state index in [1.54, 1.807) is 26.4 Å². The number of anilines is 1. The molecule has 1 aliphatic carbocycles. The predicted molar refractivity (Wildman–Crippen MR) is 118 cm³/mol. The Labute approximate surface area is 182 Å². The molecule has 1 heterocycles. The molecule has 2 N–H and O–H groups in total.